The number of rotatable bonds is 6. The number of hydrogen-bond acceptors (Lipinski definition) is 3. The van der Waals surface area contributed by atoms with Crippen molar-refractivity contribution in [2.45, 2.75) is 57.1 Å². The van der Waals surface area contributed by atoms with Gasteiger partial charge in [0.2, 0.25) is 0 Å². The van der Waals surface area contributed by atoms with Gasteiger partial charge in [-0.05, 0) is 37.1 Å². The molecular formula is C18H30N2S. The van der Waals surface area contributed by atoms with E-state index in [2.05, 4.69) is 73.9 Å². The average molecular weight is 307 g/mol. The van der Waals surface area contributed by atoms with E-state index in [1.54, 1.807) is 0 Å². The molecule has 2 rings (SSSR count). The van der Waals surface area contributed by atoms with Crippen LogP contribution in [-0.4, -0.2) is 30.1 Å². The predicted octanol–water partition coefficient (Wildman–Crippen LogP) is 4.47. The van der Waals surface area contributed by atoms with Crippen LogP contribution in [0.2, 0.25) is 0 Å². The first-order chi connectivity index (χ1) is 10.1. The molecule has 0 radical (unpaired) electrons. The van der Waals surface area contributed by atoms with E-state index in [4.69, 9.17) is 0 Å². The Hall–Kier alpha value is -0.670. The second-order valence-electron chi connectivity index (χ2n) is 6.17. The summed E-state index contributed by atoms with van der Waals surface area (Å²) in [5.41, 5.74) is 2.80. The van der Waals surface area contributed by atoms with Gasteiger partial charge in [0.15, 0.2) is 0 Å². The molecule has 1 heterocycles. The van der Waals surface area contributed by atoms with Crippen molar-refractivity contribution in [2.75, 3.05) is 24.5 Å². The van der Waals surface area contributed by atoms with Crippen LogP contribution >= 0.6 is 11.8 Å². The van der Waals surface area contributed by atoms with Crippen molar-refractivity contribution in [1.29, 1.82) is 0 Å². The Balaban J connectivity index is 2.03. The lowest BCUT2D eigenvalue weighted by Gasteiger charge is -2.36. The van der Waals surface area contributed by atoms with Crippen LogP contribution in [-0.2, 0) is 0 Å². The van der Waals surface area contributed by atoms with Gasteiger partial charge >= 0.3 is 0 Å². The van der Waals surface area contributed by atoms with E-state index >= 15 is 0 Å². The molecule has 0 spiro atoms. The predicted molar refractivity (Wildman–Crippen MR) is 96.5 cm³/mol. The first-order valence-electron chi connectivity index (χ1n) is 8.37. The van der Waals surface area contributed by atoms with E-state index in [9.17, 15) is 0 Å². The molecule has 3 unspecified atom stereocenters. The van der Waals surface area contributed by atoms with Crippen LogP contribution in [0.5, 0.6) is 0 Å². The number of benzene rings is 1. The summed E-state index contributed by atoms with van der Waals surface area (Å²) in [7, 11) is 0. The summed E-state index contributed by atoms with van der Waals surface area (Å²) in [5.74, 6) is 0. The second kappa shape index (κ2) is 8.09. The molecule has 21 heavy (non-hydrogen) atoms. The van der Waals surface area contributed by atoms with Crippen LogP contribution in [0, 0.1) is 0 Å². The van der Waals surface area contributed by atoms with Crippen molar-refractivity contribution in [2.24, 2.45) is 0 Å². The molecule has 0 bridgehead atoms. The Bertz CT molecular complexity index is 408. The molecular weight excluding hydrogens is 276 g/mol. The minimum absolute atomic E-state index is 0.494. The summed E-state index contributed by atoms with van der Waals surface area (Å²) < 4.78 is 0. The fourth-order valence-corrected chi connectivity index (χ4v) is 4.45. The Labute approximate surface area is 134 Å². The number of nitrogens with one attached hydrogen (secondary N) is 1. The van der Waals surface area contributed by atoms with Gasteiger partial charge in [-0.2, -0.15) is 11.8 Å². The summed E-state index contributed by atoms with van der Waals surface area (Å²) >= 11 is 2.11. The van der Waals surface area contributed by atoms with Gasteiger partial charge in [0, 0.05) is 35.3 Å². The molecule has 0 amide bonds. The molecule has 0 aromatic heterocycles. The fraction of sp³-hybridized carbons (Fsp3) is 0.667. The molecule has 1 aromatic rings. The first kappa shape index (κ1) is 16.7. The third-order valence-electron chi connectivity index (χ3n) is 4.13. The SMILES string of the molecule is CCCNC(CC)c1ccc(N2CC(C)SC(C)C2)cc1. The molecule has 3 atom stereocenters. The van der Waals surface area contributed by atoms with Crippen LogP contribution in [0.4, 0.5) is 5.69 Å². The van der Waals surface area contributed by atoms with Gasteiger partial charge in [0.1, 0.15) is 0 Å². The highest BCUT2D eigenvalue weighted by molar-refractivity contribution is 8.00. The number of hydrogen-bond donors (Lipinski definition) is 1. The lowest BCUT2D eigenvalue weighted by molar-refractivity contribution is 0.518. The number of anilines is 1. The van der Waals surface area contributed by atoms with E-state index in [-0.39, 0.29) is 0 Å². The third kappa shape index (κ3) is 4.65. The Morgan fingerprint density at radius 2 is 1.76 bits per heavy atom. The molecule has 0 aliphatic carbocycles. The van der Waals surface area contributed by atoms with Gasteiger partial charge in [-0.3, -0.25) is 0 Å². The van der Waals surface area contributed by atoms with Crippen molar-refractivity contribution in [1.82, 2.24) is 5.32 Å². The minimum Gasteiger partial charge on any atom is -0.369 e. The van der Waals surface area contributed by atoms with Crippen molar-refractivity contribution < 1.29 is 0 Å². The van der Waals surface area contributed by atoms with E-state index in [0.29, 0.717) is 6.04 Å². The summed E-state index contributed by atoms with van der Waals surface area (Å²) in [4.78, 5) is 2.54. The summed E-state index contributed by atoms with van der Waals surface area (Å²) in [5, 5.41) is 5.08. The van der Waals surface area contributed by atoms with Crippen LogP contribution in [0.15, 0.2) is 24.3 Å². The zero-order valence-corrected chi connectivity index (χ0v) is 14.7. The maximum absolute atomic E-state index is 3.63. The summed E-state index contributed by atoms with van der Waals surface area (Å²) in [6.07, 6.45) is 2.34. The maximum Gasteiger partial charge on any atom is 0.0367 e. The highest BCUT2D eigenvalue weighted by atomic mass is 32.2. The average Bonchev–Trinajstić information content (AvgIpc) is 2.47. The van der Waals surface area contributed by atoms with E-state index < -0.39 is 0 Å². The van der Waals surface area contributed by atoms with Gasteiger partial charge in [0.25, 0.3) is 0 Å². The number of nitrogens with zero attached hydrogens (tertiary/aromatic N) is 1. The first-order valence-corrected chi connectivity index (χ1v) is 9.32. The molecule has 1 aromatic carbocycles. The third-order valence-corrected chi connectivity index (χ3v) is 5.36. The topological polar surface area (TPSA) is 15.3 Å². The normalized spacial score (nSPS) is 24.1. The second-order valence-corrected chi connectivity index (χ2v) is 8.05. The molecule has 118 valence electrons. The molecule has 1 N–H and O–H groups in total. The quantitative estimate of drug-likeness (QED) is 0.835. The fourth-order valence-electron chi connectivity index (χ4n) is 3.12. The van der Waals surface area contributed by atoms with E-state index in [1.807, 2.05) is 0 Å². The molecule has 2 nitrogen and oxygen atoms in total. The standard InChI is InChI=1S/C18H30N2S/c1-5-11-19-18(6-2)16-7-9-17(10-8-16)20-12-14(3)21-15(4)13-20/h7-10,14-15,18-19H,5-6,11-13H2,1-4H3. The Morgan fingerprint density at radius 3 is 2.29 bits per heavy atom. The summed E-state index contributed by atoms with van der Waals surface area (Å²) in [6, 6.07) is 9.72. The van der Waals surface area contributed by atoms with Gasteiger partial charge in [0.05, 0.1) is 0 Å². The highest BCUT2D eigenvalue weighted by Crippen LogP contribution is 2.29. The lowest BCUT2D eigenvalue weighted by atomic mass is 10.0. The molecule has 1 aliphatic heterocycles. The molecule has 1 fully saturated rings. The number of thioether (sulfide) groups is 1. The monoisotopic (exact) mass is 306 g/mol. The maximum atomic E-state index is 3.63. The van der Waals surface area contributed by atoms with Crippen LogP contribution in [0.25, 0.3) is 0 Å². The van der Waals surface area contributed by atoms with Gasteiger partial charge in [-0.15, -0.1) is 0 Å². The van der Waals surface area contributed by atoms with Crippen molar-refractivity contribution in [3.63, 3.8) is 0 Å². The van der Waals surface area contributed by atoms with Crippen molar-refractivity contribution in [3.05, 3.63) is 29.8 Å². The highest BCUT2D eigenvalue weighted by Gasteiger charge is 2.22. The van der Waals surface area contributed by atoms with Gasteiger partial charge in [-0.25, -0.2) is 0 Å². The Morgan fingerprint density at radius 1 is 1.14 bits per heavy atom. The van der Waals surface area contributed by atoms with Crippen LogP contribution in [0.1, 0.15) is 52.1 Å². The molecule has 1 saturated heterocycles. The van der Waals surface area contributed by atoms with Crippen LogP contribution in [0.3, 0.4) is 0 Å². The molecule has 0 saturated carbocycles. The van der Waals surface area contributed by atoms with E-state index in [0.717, 1.165) is 23.5 Å². The minimum atomic E-state index is 0.494. The summed E-state index contributed by atoms with van der Waals surface area (Å²) in [6.45, 7) is 12.6. The van der Waals surface area contributed by atoms with Crippen molar-refractivity contribution >= 4 is 17.4 Å². The zero-order chi connectivity index (χ0) is 15.2. The largest absolute Gasteiger partial charge is 0.369 e. The molecule has 1 aliphatic rings. The van der Waals surface area contributed by atoms with Crippen LogP contribution < -0.4 is 10.2 Å². The smallest absolute Gasteiger partial charge is 0.0367 e. The Kier molecular flexibility index (Phi) is 6.43. The van der Waals surface area contributed by atoms with E-state index in [1.165, 1.54) is 30.8 Å². The molecule has 3 heteroatoms. The van der Waals surface area contributed by atoms with Gasteiger partial charge < -0.3 is 10.2 Å². The van der Waals surface area contributed by atoms with Crippen molar-refractivity contribution in [3.8, 4) is 0 Å². The zero-order valence-electron chi connectivity index (χ0n) is 13.9. The van der Waals surface area contributed by atoms with Gasteiger partial charge in [-0.1, -0.05) is 39.8 Å². The lowest BCUT2D eigenvalue weighted by Crippen LogP contribution is -2.40.